The molecule has 82 valence electrons. The van der Waals surface area contributed by atoms with Gasteiger partial charge in [-0.2, -0.15) is 0 Å². The van der Waals surface area contributed by atoms with Crippen molar-refractivity contribution in [3.8, 4) is 0 Å². The summed E-state index contributed by atoms with van der Waals surface area (Å²) in [5, 5.41) is 0. The van der Waals surface area contributed by atoms with Crippen LogP contribution >= 0.6 is 10.1 Å². The fraction of sp³-hybridized carbons (Fsp3) is 0.214. The molecule has 0 aromatic heterocycles. The molecule has 1 heterocycles. The monoisotopic (exact) mass is 296 g/mol. The van der Waals surface area contributed by atoms with E-state index >= 15 is 0 Å². The van der Waals surface area contributed by atoms with Crippen molar-refractivity contribution in [3.63, 3.8) is 0 Å². The van der Waals surface area contributed by atoms with E-state index in [-0.39, 0.29) is 0 Å². The van der Waals surface area contributed by atoms with Gasteiger partial charge in [-0.1, -0.05) is 0 Å². The molecule has 1 aliphatic carbocycles. The van der Waals surface area contributed by atoms with Crippen molar-refractivity contribution in [2.75, 3.05) is 0 Å². The Morgan fingerprint density at radius 1 is 1.00 bits per heavy atom. The second kappa shape index (κ2) is 4.33. The van der Waals surface area contributed by atoms with Crippen LogP contribution in [0.15, 0.2) is 52.5 Å². The third kappa shape index (κ3) is 1.73. The summed E-state index contributed by atoms with van der Waals surface area (Å²) >= 11 is -1.22. The van der Waals surface area contributed by atoms with Gasteiger partial charge in [0.05, 0.1) is 0 Å². The Bertz CT molecular complexity index is 509. The first-order valence-electron chi connectivity index (χ1n) is 5.59. The number of allylic oxidation sites excluding steroid dienone is 4. The first-order chi connectivity index (χ1) is 7.86. The average Bonchev–Trinajstić information content (AvgIpc) is 2.80. The van der Waals surface area contributed by atoms with Crippen LogP contribution in [0.25, 0.3) is 0 Å². The van der Waals surface area contributed by atoms with Crippen LogP contribution in [0.1, 0.15) is 24.8 Å². The van der Waals surface area contributed by atoms with Crippen LogP contribution in [-0.4, -0.2) is 17.0 Å². The molecule has 0 N–H and O–H groups in total. The van der Waals surface area contributed by atoms with Gasteiger partial charge in [0.1, 0.15) is 0 Å². The summed E-state index contributed by atoms with van der Waals surface area (Å²) < 4.78 is 2.95. The molecule has 1 atom stereocenters. The molecule has 1 aromatic rings. The second-order valence-electron chi connectivity index (χ2n) is 4.12. The van der Waals surface area contributed by atoms with Gasteiger partial charge in [-0.25, -0.2) is 0 Å². The van der Waals surface area contributed by atoms with Crippen molar-refractivity contribution in [2.24, 2.45) is 0 Å². The third-order valence-corrected chi connectivity index (χ3v) is 8.42. The van der Waals surface area contributed by atoms with Gasteiger partial charge in [0.15, 0.2) is 0 Å². The number of hydrogen-bond acceptors (Lipinski definition) is 0. The topological polar surface area (TPSA) is 0 Å². The van der Waals surface area contributed by atoms with Crippen LogP contribution < -0.4 is 0 Å². The minimum atomic E-state index is -1.22. The Labute approximate surface area is 104 Å². The van der Waals surface area contributed by atoms with Crippen LogP contribution in [0.4, 0.5) is 0 Å². The van der Waals surface area contributed by atoms with Crippen molar-refractivity contribution in [1.82, 2.24) is 0 Å². The molecule has 1 unspecified atom stereocenters. The van der Waals surface area contributed by atoms with Gasteiger partial charge >= 0.3 is 104 Å². The molecule has 0 saturated carbocycles. The molecule has 16 heavy (non-hydrogen) atoms. The summed E-state index contributed by atoms with van der Waals surface area (Å²) in [4.78, 5) is 0. The van der Waals surface area contributed by atoms with Gasteiger partial charge in [-0.05, 0) is 0 Å². The molecule has 0 amide bonds. The van der Waals surface area contributed by atoms with Crippen molar-refractivity contribution in [1.29, 1.82) is 0 Å². The molecule has 0 saturated heterocycles. The molecule has 0 radical (unpaired) electrons. The van der Waals surface area contributed by atoms with E-state index in [0.717, 1.165) is 0 Å². The van der Waals surface area contributed by atoms with Crippen molar-refractivity contribution in [3.05, 3.63) is 58.1 Å². The zero-order valence-electron chi connectivity index (χ0n) is 8.95. The fourth-order valence-electron chi connectivity index (χ4n) is 2.29. The van der Waals surface area contributed by atoms with E-state index in [1.807, 2.05) is 0 Å². The molecular formula is C14H13ClSe. The molecule has 0 spiro atoms. The summed E-state index contributed by atoms with van der Waals surface area (Å²) in [7, 11) is 6.70. The third-order valence-electron chi connectivity index (χ3n) is 3.11. The van der Waals surface area contributed by atoms with Gasteiger partial charge in [0.2, 0.25) is 0 Å². The Hall–Kier alpha value is -0.621. The summed E-state index contributed by atoms with van der Waals surface area (Å²) in [6.07, 6.45) is 8.29. The maximum absolute atomic E-state index is 6.70. The molecule has 0 fully saturated rings. The van der Waals surface area contributed by atoms with Crippen LogP contribution in [0.5, 0.6) is 0 Å². The van der Waals surface area contributed by atoms with Crippen molar-refractivity contribution < 1.29 is 0 Å². The Morgan fingerprint density at radius 2 is 1.81 bits per heavy atom. The predicted octanol–water partition coefficient (Wildman–Crippen LogP) is 3.61. The first-order valence-corrected chi connectivity index (χ1v) is 9.56. The standard InChI is InChI=1S/C14H13ClSe/c15-16-13-8-4-7-12(13)9-10-14(16)11-5-2-1-3-6-11/h1-3,5-6,9-10H,4,7-8H2. The number of halogens is 1. The SMILES string of the molecule is Cl[Se]1=C(c2ccccc2)C=CC2=C1CCC2. The first kappa shape index (κ1) is 10.5. The second-order valence-corrected chi connectivity index (χ2v) is 8.76. The Balaban J connectivity index is 2.10. The zero-order valence-corrected chi connectivity index (χ0v) is 11.4. The number of rotatable bonds is 1. The van der Waals surface area contributed by atoms with Gasteiger partial charge < -0.3 is 0 Å². The number of benzene rings is 1. The van der Waals surface area contributed by atoms with E-state index in [9.17, 15) is 0 Å². The van der Waals surface area contributed by atoms with E-state index in [1.165, 1.54) is 34.8 Å². The van der Waals surface area contributed by atoms with E-state index in [1.54, 1.807) is 4.47 Å². The number of hydrogen-bond donors (Lipinski definition) is 0. The van der Waals surface area contributed by atoms with E-state index in [2.05, 4.69) is 42.5 Å². The molecule has 1 aromatic carbocycles. The Kier molecular flexibility index (Phi) is 2.85. The molecule has 0 nitrogen and oxygen atoms in total. The van der Waals surface area contributed by atoms with E-state index in [4.69, 9.17) is 10.1 Å². The quantitative estimate of drug-likeness (QED) is 0.694. The average molecular weight is 296 g/mol. The summed E-state index contributed by atoms with van der Waals surface area (Å²) in [6, 6.07) is 10.6. The fourth-order valence-corrected chi connectivity index (χ4v) is 7.13. The minimum absolute atomic E-state index is 1.22. The normalized spacial score (nSPS) is 23.8. The summed E-state index contributed by atoms with van der Waals surface area (Å²) in [5.74, 6) is 0. The van der Waals surface area contributed by atoms with Gasteiger partial charge in [-0.15, -0.1) is 0 Å². The van der Waals surface area contributed by atoms with Gasteiger partial charge in [0, 0.05) is 0 Å². The maximum atomic E-state index is 6.70. The Morgan fingerprint density at radius 3 is 2.62 bits per heavy atom. The van der Waals surface area contributed by atoms with Gasteiger partial charge in [0.25, 0.3) is 0 Å². The van der Waals surface area contributed by atoms with Crippen molar-refractivity contribution in [2.45, 2.75) is 19.3 Å². The molecule has 0 bridgehead atoms. The molecule has 2 heteroatoms. The molecule has 2 aliphatic rings. The van der Waals surface area contributed by atoms with Crippen LogP contribution in [0.2, 0.25) is 0 Å². The predicted molar refractivity (Wildman–Crippen MR) is 72.2 cm³/mol. The van der Waals surface area contributed by atoms with E-state index < -0.39 is 12.6 Å². The molecule has 1 aliphatic heterocycles. The molecule has 3 rings (SSSR count). The zero-order chi connectivity index (χ0) is 11.0. The van der Waals surface area contributed by atoms with Crippen LogP contribution in [-0.2, 0) is 0 Å². The van der Waals surface area contributed by atoms with Crippen molar-refractivity contribution >= 4 is 27.1 Å². The molecular weight excluding hydrogens is 283 g/mol. The van der Waals surface area contributed by atoms with Crippen LogP contribution in [0.3, 0.4) is 0 Å². The van der Waals surface area contributed by atoms with Crippen LogP contribution in [0, 0.1) is 0 Å². The van der Waals surface area contributed by atoms with E-state index in [0.29, 0.717) is 0 Å². The summed E-state index contributed by atoms with van der Waals surface area (Å²) in [5.41, 5.74) is 2.83. The summed E-state index contributed by atoms with van der Waals surface area (Å²) in [6.45, 7) is 0. The van der Waals surface area contributed by atoms with Gasteiger partial charge in [-0.3, -0.25) is 0 Å².